The van der Waals surface area contributed by atoms with Gasteiger partial charge in [-0.25, -0.2) is 0 Å². The van der Waals surface area contributed by atoms with Crippen LogP contribution in [0.25, 0.3) is 0 Å². The van der Waals surface area contributed by atoms with E-state index in [2.05, 4.69) is 6.07 Å². The summed E-state index contributed by atoms with van der Waals surface area (Å²) < 4.78 is 0. The second kappa shape index (κ2) is 4.03. The Morgan fingerprint density at radius 1 is 1.38 bits per heavy atom. The third-order valence-corrected chi connectivity index (χ3v) is 2.06. The van der Waals surface area contributed by atoms with Crippen LogP contribution in [0, 0.1) is 24.0 Å². The SMILES string of the molecule is Cc1ccc(CC[N+](=O)[O-])c(C)c1. The molecule has 0 aliphatic rings. The van der Waals surface area contributed by atoms with E-state index in [1.54, 1.807) is 0 Å². The van der Waals surface area contributed by atoms with Crippen LogP contribution >= 0.6 is 0 Å². The van der Waals surface area contributed by atoms with E-state index < -0.39 is 0 Å². The van der Waals surface area contributed by atoms with Crippen molar-refractivity contribution >= 4 is 0 Å². The maximum Gasteiger partial charge on any atom is 0.207 e. The van der Waals surface area contributed by atoms with E-state index >= 15 is 0 Å². The lowest BCUT2D eigenvalue weighted by Crippen LogP contribution is -2.05. The number of benzene rings is 1. The van der Waals surface area contributed by atoms with E-state index in [0.717, 1.165) is 11.1 Å². The normalized spacial score (nSPS) is 10.0. The van der Waals surface area contributed by atoms with Crippen molar-refractivity contribution in [3.8, 4) is 0 Å². The van der Waals surface area contributed by atoms with Crippen LogP contribution in [0.5, 0.6) is 0 Å². The summed E-state index contributed by atoms with van der Waals surface area (Å²) in [5.41, 5.74) is 3.41. The Hall–Kier alpha value is -1.38. The van der Waals surface area contributed by atoms with Crippen LogP contribution in [0.2, 0.25) is 0 Å². The van der Waals surface area contributed by atoms with Crippen molar-refractivity contribution in [2.45, 2.75) is 20.3 Å². The lowest BCUT2D eigenvalue weighted by Gasteiger charge is -2.03. The molecule has 0 N–H and O–H groups in total. The van der Waals surface area contributed by atoms with Gasteiger partial charge < -0.3 is 0 Å². The molecule has 0 aliphatic carbocycles. The van der Waals surface area contributed by atoms with Gasteiger partial charge in [-0.3, -0.25) is 10.1 Å². The van der Waals surface area contributed by atoms with E-state index in [4.69, 9.17) is 0 Å². The van der Waals surface area contributed by atoms with Gasteiger partial charge in [-0.2, -0.15) is 0 Å². The number of nitro groups is 1. The van der Waals surface area contributed by atoms with Gasteiger partial charge in [0.15, 0.2) is 0 Å². The minimum atomic E-state index is -0.278. The Kier molecular flexibility index (Phi) is 3.01. The fourth-order valence-corrected chi connectivity index (χ4v) is 1.34. The molecule has 1 aromatic carbocycles. The predicted octanol–water partition coefficient (Wildman–Crippen LogP) is 2.12. The van der Waals surface area contributed by atoms with Crippen molar-refractivity contribution in [3.63, 3.8) is 0 Å². The zero-order valence-corrected chi connectivity index (χ0v) is 7.91. The molecule has 0 saturated heterocycles. The van der Waals surface area contributed by atoms with Gasteiger partial charge in [0.05, 0.1) is 0 Å². The van der Waals surface area contributed by atoms with Crippen molar-refractivity contribution in [2.75, 3.05) is 6.54 Å². The van der Waals surface area contributed by atoms with Gasteiger partial charge in [-0.05, 0) is 25.0 Å². The topological polar surface area (TPSA) is 43.1 Å². The van der Waals surface area contributed by atoms with Crippen LogP contribution in [-0.2, 0) is 6.42 Å². The molecule has 0 spiro atoms. The van der Waals surface area contributed by atoms with Gasteiger partial charge in [0.1, 0.15) is 0 Å². The first-order valence-electron chi connectivity index (χ1n) is 4.27. The second-order valence-electron chi connectivity index (χ2n) is 3.24. The van der Waals surface area contributed by atoms with E-state index in [0.29, 0.717) is 6.42 Å². The first-order chi connectivity index (χ1) is 6.09. The zero-order valence-electron chi connectivity index (χ0n) is 7.91. The summed E-state index contributed by atoms with van der Waals surface area (Å²) in [7, 11) is 0. The number of rotatable bonds is 3. The molecule has 3 nitrogen and oxygen atoms in total. The molecule has 0 aromatic heterocycles. The second-order valence-corrected chi connectivity index (χ2v) is 3.24. The maximum absolute atomic E-state index is 10.2. The highest BCUT2D eigenvalue weighted by Gasteiger charge is 2.02. The first-order valence-corrected chi connectivity index (χ1v) is 4.27. The molecule has 0 atom stereocenters. The molecule has 0 heterocycles. The van der Waals surface area contributed by atoms with Crippen molar-refractivity contribution in [2.24, 2.45) is 0 Å². The highest BCUT2D eigenvalue weighted by molar-refractivity contribution is 5.30. The molecule has 70 valence electrons. The summed E-state index contributed by atoms with van der Waals surface area (Å²) >= 11 is 0. The van der Waals surface area contributed by atoms with Gasteiger partial charge in [-0.1, -0.05) is 23.8 Å². The van der Waals surface area contributed by atoms with Gasteiger partial charge in [0.2, 0.25) is 6.54 Å². The molecule has 3 heteroatoms. The lowest BCUT2D eigenvalue weighted by atomic mass is 10.0. The lowest BCUT2D eigenvalue weighted by molar-refractivity contribution is -0.479. The van der Waals surface area contributed by atoms with E-state index in [1.165, 1.54) is 5.56 Å². The molecular weight excluding hydrogens is 166 g/mol. The highest BCUT2D eigenvalue weighted by Crippen LogP contribution is 2.10. The molecule has 0 radical (unpaired) electrons. The fraction of sp³-hybridized carbons (Fsp3) is 0.400. The van der Waals surface area contributed by atoms with Crippen molar-refractivity contribution < 1.29 is 4.92 Å². The monoisotopic (exact) mass is 179 g/mol. The largest absolute Gasteiger partial charge is 0.265 e. The molecule has 13 heavy (non-hydrogen) atoms. The molecule has 1 aromatic rings. The zero-order chi connectivity index (χ0) is 9.84. The summed E-state index contributed by atoms with van der Waals surface area (Å²) in [6.07, 6.45) is 0.527. The Labute approximate surface area is 77.5 Å². The van der Waals surface area contributed by atoms with Crippen molar-refractivity contribution in [1.29, 1.82) is 0 Å². The van der Waals surface area contributed by atoms with Gasteiger partial charge >= 0.3 is 0 Å². The average Bonchev–Trinajstić information content (AvgIpc) is 2.02. The molecule has 0 aliphatic heterocycles. The smallest absolute Gasteiger partial charge is 0.207 e. The van der Waals surface area contributed by atoms with Crippen LogP contribution < -0.4 is 0 Å². The number of aryl methyl sites for hydroxylation is 2. The summed E-state index contributed by atoms with van der Waals surface area (Å²) in [4.78, 5) is 9.88. The molecular formula is C10H13NO2. The maximum atomic E-state index is 10.2. The highest BCUT2D eigenvalue weighted by atomic mass is 16.6. The first kappa shape index (κ1) is 9.71. The Balaban J connectivity index is 2.72. The van der Waals surface area contributed by atoms with Crippen LogP contribution in [0.4, 0.5) is 0 Å². The Morgan fingerprint density at radius 2 is 2.08 bits per heavy atom. The predicted molar refractivity (Wildman–Crippen MR) is 51.5 cm³/mol. The quantitative estimate of drug-likeness (QED) is 0.527. The van der Waals surface area contributed by atoms with Crippen LogP contribution in [0.3, 0.4) is 0 Å². The molecule has 1 rings (SSSR count). The van der Waals surface area contributed by atoms with E-state index in [-0.39, 0.29) is 11.5 Å². The number of hydrogen-bond acceptors (Lipinski definition) is 2. The van der Waals surface area contributed by atoms with Crippen molar-refractivity contribution in [1.82, 2.24) is 0 Å². The molecule has 0 saturated carbocycles. The summed E-state index contributed by atoms with van der Waals surface area (Å²) in [6.45, 7) is 4.02. The summed E-state index contributed by atoms with van der Waals surface area (Å²) in [5.74, 6) is 0. The minimum Gasteiger partial charge on any atom is -0.265 e. The third-order valence-electron chi connectivity index (χ3n) is 2.06. The molecule has 0 amide bonds. The van der Waals surface area contributed by atoms with Gasteiger partial charge in [0.25, 0.3) is 0 Å². The number of nitrogens with zero attached hydrogens (tertiary/aromatic N) is 1. The van der Waals surface area contributed by atoms with Gasteiger partial charge in [0, 0.05) is 11.3 Å². The van der Waals surface area contributed by atoms with Crippen LogP contribution in [0.15, 0.2) is 18.2 Å². The molecule has 0 fully saturated rings. The Bertz CT molecular complexity index is 321. The standard InChI is InChI=1S/C10H13NO2/c1-8-3-4-10(9(2)7-8)5-6-11(12)13/h3-4,7H,5-6H2,1-2H3. The molecule has 0 bridgehead atoms. The fourth-order valence-electron chi connectivity index (χ4n) is 1.34. The van der Waals surface area contributed by atoms with Crippen molar-refractivity contribution in [3.05, 3.63) is 45.0 Å². The number of hydrogen-bond donors (Lipinski definition) is 0. The average molecular weight is 179 g/mol. The summed E-state index contributed by atoms with van der Waals surface area (Å²) in [6, 6.07) is 6.01. The van der Waals surface area contributed by atoms with E-state index in [9.17, 15) is 10.1 Å². The molecule has 0 unspecified atom stereocenters. The van der Waals surface area contributed by atoms with E-state index in [1.807, 2.05) is 26.0 Å². The minimum absolute atomic E-state index is 0.0178. The third kappa shape index (κ3) is 2.86. The van der Waals surface area contributed by atoms with Crippen LogP contribution in [-0.4, -0.2) is 11.5 Å². The van der Waals surface area contributed by atoms with Gasteiger partial charge in [-0.15, -0.1) is 0 Å². The Morgan fingerprint density at radius 3 is 2.62 bits per heavy atom. The van der Waals surface area contributed by atoms with Crippen LogP contribution in [0.1, 0.15) is 16.7 Å². The summed E-state index contributed by atoms with van der Waals surface area (Å²) in [5, 5.41) is 10.2.